The number of nitrogens with zero attached hydrogens (tertiary/aromatic N) is 1. The first-order valence-electron chi connectivity index (χ1n) is 7.02. The largest absolute Gasteiger partial charge is 0.313 e. The number of pyridine rings is 1. The van der Waals surface area contributed by atoms with Crippen molar-refractivity contribution in [2.24, 2.45) is 0 Å². The highest BCUT2D eigenvalue weighted by molar-refractivity contribution is 5.78. The number of likely N-dealkylation sites (N-methyl/N-ethyl adjacent to an activating group) is 1. The maximum Gasteiger partial charge on any atom is 0.123 e. The number of halogens is 1. The second-order valence-corrected chi connectivity index (χ2v) is 5.13. The van der Waals surface area contributed by atoms with Crippen molar-refractivity contribution in [2.75, 3.05) is 7.05 Å². The van der Waals surface area contributed by atoms with Crippen LogP contribution in [0.1, 0.15) is 17.2 Å². The predicted octanol–water partition coefficient (Wildman–Crippen LogP) is 3.88. The van der Waals surface area contributed by atoms with Crippen LogP contribution in [0.3, 0.4) is 0 Å². The molecular weight excluding hydrogens is 263 g/mol. The van der Waals surface area contributed by atoms with Crippen LogP contribution in [0.25, 0.3) is 10.9 Å². The molecule has 2 aromatic carbocycles. The lowest BCUT2D eigenvalue weighted by atomic mass is 9.99. The number of aromatic nitrogens is 1. The number of hydrogen-bond donors (Lipinski definition) is 1. The van der Waals surface area contributed by atoms with Crippen molar-refractivity contribution in [1.82, 2.24) is 10.3 Å². The van der Waals surface area contributed by atoms with Gasteiger partial charge in [-0.3, -0.25) is 4.98 Å². The van der Waals surface area contributed by atoms with Crippen LogP contribution in [0.4, 0.5) is 4.39 Å². The summed E-state index contributed by atoms with van der Waals surface area (Å²) in [5.41, 5.74) is 3.24. The first-order valence-corrected chi connectivity index (χ1v) is 7.02. The third-order valence-corrected chi connectivity index (χ3v) is 3.72. The fourth-order valence-corrected chi connectivity index (χ4v) is 2.52. The Labute approximate surface area is 123 Å². The maximum atomic E-state index is 13.0. The molecule has 1 N–H and O–H groups in total. The monoisotopic (exact) mass is 280 g/mol. The highest BCUT2D eigenvalue weighted by atomic mass is 19.1. The summed E-state index contributed by atoms with van der Waals surface area (Å²) in [5.74, 6) is -0.202. The number of fused-ring (bicyclic) bond motifs is 1. The molecule has 106 valence electrons. The van der Waals surface area contributed by atoms with Crippen LogP contribution in [0.2, 0.25) is 0 Å². The van der Waals surface area contributed by atoms with Crippen LogP contribution < -0.4 is 5.32 Å². The van der Waals surface area contributed by atoms with Crippen LogP contribution in [0.15, 0.2) is 60.8 Å². The minimum Gasteiger partial charge on any atom is -0.313 e. The van der Waals surface area contributed by atoms with Crippen LogP contribution in [-0.4, -0.2) is 12.0 Å². The zero-order valence-corrected chi connectivity index (χ0v) is 11.9. The van der Waals surface area contributed by atoms with Crippen molar-refractivity contribution >= 4 is 10.9 Å². The average molecular weight is 280 g/mol. The maximum absolute atomic E-state index is 13.0. The summed E-state index contributed by atoms with van der Waals surface area (Å²) in [6, 6.07) is 17.1. The molecule has 1 unspecified atom stereocenters. The minimum atomic E-state index is -0.202. The number of para-hydroxylation sites is 1. The van der Waals surface area contributed by atoms with Gasteiger partial charge in [0, 0.05) is 17.6 Å². The van der Waals surface area contributed by atoms with Crippen molar-refractivity contribution in [3.8, 4) is 0 Å². The van der Waals surface area contributed by atoms with Crippen molar-refractivity contribution in [3.05, 3.63) is 77.7 Å². The Balaban J connectivity index is 1.88. The molecule has 0 saturated heterocycles. The molecule has 0 aliphatic heterocycles. The highest BCUT2D eigenvalue weighted by Gasteiger charge is 2.11. The minimum absolute atomic E-state index is 0.160. The summed E-state index contributed by atoms with van der Waals surface area (Å²) in [6.07, 6.45) is 2.71. The summed E-state index contributed by atoms with van der Waals surface area (Å²) in [7, 11) is 1.93. The molecule has 1 aromatic heterocycles. The first-order chi connectivity index (χ1) is 10.3. The molecule has 2 nitrogen and oxygen atoms in total. The van der Waals surface area contributed by atoms with Gasteiger partial charge in [-0.05, 0) is 48.9 Å². The van der Waals surface area contributed by atoms with Crippen molar-refractivity contribution in [1.29, 1.82) is 0 Å². The molecule has 0 aliphatic carbocycles. The first kappa shape index (κ1) is 13.7. The normalized spacial score (nSPS) is 12.5. The lowest BCUT2D eigenvalue weighted by Crippen LogP contribution is -2.19. The molecule has 3 aromatic rings. The SMILES string of the molecule is CNC(Cc1ccc(F)cc1)c1cnc2ccccc2c1. The van der Waals surface area contributed by atoms with Crippen LogP contribution in [-0.2, 0) is 6.42 Å². The molecule has 1 heterocycles. The van der Waals surface area contributed by atoms with Crippen LogP contribution >= 0.6 is 0 Å². The van der Waals surface area contributed by atoms with Gasteiger partial charge in [0.15, 0.2) is 0 Å². The van der Waals surface area contributed by atoms with Gasteiger partial charge in [-0.1, -0.05) is 30.3 Å². The molecule has 21 heavy (non-hydrogen) atoms. The fourth-order valence-electron chi connectivity index (χ4n) is 2.52. The Bertz CT molecular complexity index is 738. The predicted molar refractivity (Wildman–Crippen MR) is 83.6 cm³/mol. The molecule has 0 bridgehead atoms. The summed E-state index contributed by atoms with van der Waals surface area (Å²) < 4.78 is 13.0. The van der Waals surface area contributed by atoms with Gasteiger partial charge in [-0.15, -0.1) is 0 Å². The van der Waals surface area contributed by atoms with Gasteiger partial charge in [0.25, 0.3) is 0 Å². The van der Waals surface area contributed by atoms with E-state index in [4.69, 9.17) is 0 Å². The van der Waals surface area contributed by atoms with E-state index in [1.807, 2.05) is 43.6 Å². The van der Waals surface area contributed by atoms with Crippen LogP contribution in [0, 0.1) is 5.82 Å². The Morgan fingerprint density at radius 3 is 2.62 bits per heavy atom. The van der Waals surface area contributed by atoms with E-state index in [1.165, 1.54) is 12.1 Å². The molecule has 0 saturated carbocycles. The molecule has 0 fully saturated rings. The standard InChI is InChI=1S/C18H17FN2/c1-20-18(10-13-6-8-16(19)9-7-13)15-11-14-4-2-3-5-17(14)21-12-15/h2-9,11-12,18,20H,10H2,1H3. The molecule has 0 radical (unpaired) electrons. The summed E-state index contributed by atoms with van der Waals surface area (Å²) >= 11 is 0. The van der Waals surface area contributed by atoms with Gasteiger partial charge in [-0.25, -0.2) is 4.39 Å². The van der Waals surface area contributed by atoms with Gasteiger partial charge in [0.2, 0.25) is 0 Å². The van der Waals surface area contributed by atoms with E-state index in [2.05, 4.69) is 22.4 Å². The second-order valence-electron chi connectivity index (χ2n) is 5.13. The Morgan fingerprint density at radius 2 is 1.86 bits per heavy atom. The van der Waals surface area contributed by atoms with E-state index in [1.54, 1.807) is 0 Å². The third kappa shape index (κ3) is 3.09. The zero-order chi connectivity index (χ0) is 14.7. The van der Waals surface area contributed by atoms with E-state index < -0.39 is 0 Å². The fraction of sp³-hybridized carbons (Fsp3) is 0.167. The Kier molecular flexibility index (Phi) is 3.93. The van der Waals surface area contributed by atoms with Gasteiger partial charge in [0.05, 0.1) is 5.52 Å². The van der Waals surface area contributed by atoms with E-state index in [0.717, 1.165) is 28.5 Å². The summed E-state index contributed by atoms with van der Waals surface area (Å²) in [5, 5.41) is 4.45. The zero-order valence-electron chi connectivity index (χ0n) is 11.9. The smallest absolute Gasteiger partial charge is 0.123 e. The van der Waals surface area contributed by atoms with E-state index >= 15 is 0 Å². The summed E-state index contributed by atoms with van der Waals surface area (Å²) in [4.78, 5) is 4.51. The number of rotatable bonds is 4. The lowest BCUT2D eigenvalue weighted by Gasteiger charge is -2.17. The second kappa shape index (κ2) is 6.02. The molecule has 3 rings (SSSR count). The molecule has 3 heteroatoms. The van der Waals surface area contributed by atoms with Gasteiger partial charge in [-0.2, -0.15) is 0 Å². The number of hydrogen-bond acceptors (Lipinski definition) is 2. The summed E-state index contributed by atoms with van der Waals surface area (Å²) in [6.45, 7) is 0. The third-order valence-electron chi connectivity index (χ3n) is 3.72. The van der Waals surface area contributed by atoms with Crippen molar-refractivity contribution in [3.63, 3.8) is 0 Å². The van der Waals surface area contributed by atoms with Crippen LogP contribution in [0.5, 0.6) is 0 Å². The molecular formula is C18H17FN2. The Hall–Kier alpha value is -2.26. The average Bonchev–Trinajstić information content (AvgIpc) is 2.54. The quantitative estimate of drug-likeness (QED) is 0.784. The molecule has 0 spiro atoms. The molecule has 0 aliphatic rings. The van der Waals surface area contributed by atoms with Gasteiger partial charge >= 0.3 is 0 Å². The number of nitrogens with one attached hydrogen (secondary N) is 1. The molecule has 1 atom stereocenters. The van der Waals surface area contributed by atoms with Crippen molar-refractivity contribution in [2.45, 2.75) is 12.5 Å². The van der Waals surface area contributed by atoms with Gasteiger partial charge in [0.1, 0.15) is 5.82 Å². The Morgan fingerprint density at radius 1 is 1.10 bits per heavy atom. The topological polar surface area (TPSA) is 24.9 Å². The van der Waals surface area contributed by atoms with Crippen molar-refractivity contribution < 1.29 is 4.39 Å². The van der Waals surface area contributed by atoms with Gasteiger partial charge < -0.3 is 5.32 Å². The lowest BCUT2D eigenvalue weighted by molar-refractivity contribution is 0.588. The number of benzene rings is 2. The van der Waals surface area contributed by atoms with E-state index in [-0.39, 0.29) is 11.9 Å². The van der Waals surface area contributed by atoms with E-state index in [0.29, 0.717) is 0 Å². The molecule has 0 amide bonds. The van der Waals surface area contributed by atoms with E-state index in [9.17, 15) is 4.39 Å². The highest BCUT2D eigenvalue weighted by Crippen LogP contribution is 2.21.